The third-order valence-corrected chi connectivity index (χ3v) is 3.98. The molecule has 0 aliphatic rings. The normalized spacial score (nSPS) is 11.6. The van der Waals surface area contributed by atoms with Crippen LogP contribution in [-0.2, 0) is 10.1 Å². The molecule has 13 heteroatoms. The fourth-order valence-electron chi connectivity index (χ4n) is 1.92. The molecule has 0 heterocycles. The summed E-state index contributed by atoms with van der Waals surface area (Å²) in [5.74, 6) is -1.82. The van der Waals surface area contributed by atoms with Crippen molar-refractivity contribution in [2.24, 2.45) is 4.99 Å². The van der Waals surface area contributed by atoms with Gasteiger partial charge in [0.05, 0.1) is 9.85 Å². The van der Waals surface area contributed by atoms with E-state index in [0.29, 0.717) is 6.07 Å². The Kier molecular flexibility index (Phi) is 4.86. The first-order chi connectivity index (χ1) is 12.0. The van der Waals surface area contributed by atoms with Gasteiger partial charge in [-0.15, -0.1) is 0 Å². The number of non-ortho nitro benzene ring substituents is 1. The SMILES string of the molecule is O=[N+]([O-])c1cc(N=Cc2cccc([N+](=O)[O-])c2O)c(O)c(S(=O)(=O)O)c1. The molecule has 0 bridgehead atoms. The van der Waals surface area contributed by atoms with Gasteiger partial charge in [0, 0.05) is 30.0 Å². The van der Waals surface area contributed by atoms with Gasteiger partial charge in [-0.25, -0.2) is 0 Å². The smallest absolute Gasteiger partial charge is 0.311 e. The molecule has 3 N–H and O–H groups in total. The molecule has 0 unspecified atom stereocenters. The lowest BCUT2D eigenvalue weighted by atomic mass is 10.2. The van der Waals surface area contributed by atoms with Crippen molar-refractivity contribution >= 4 is 33.4 Å². The molecule has 2 rings (SSSR count). The monoisotopic (exact) mass is 383 g/mol. The highest BCUT2D eigenvalue weighted by Gasteiger charge is 2.24. The van der Waals surface area contributed by atoms with Gasteiger partial charge < -0.3 is 10.2 Å². The summed E-state index contributed by atoms with van der Waals surface area (Å²) in [7, 11) is -4.99. The van der Waals surface area contributed by atoms with Crippen LogP contribution in [0.4, 0.5) is 17.1 Å². The Morgan fingerprint density at radius 2 is 1.69 bits per heavy atom. The van der Waals surface area contributed by atoms with Gasteiger partial charge in [0.25, 0.3) is 15.8 Å². The fraction of sp³-hybridized carbons (Fsp3) is 0. The van der Waals surface area contributed by atoms with E-state index < -0.39 is 53.4 Å². The van der Waals surface area contributed by atoms with Gasteiger partial charge in [-0.2, -0.15) is 8.42 Å². The second-order valence-corrected chi connectivity index (χ2v) is 6.16. The molecule has 0 amide bonds. The van der Waals surface area contributed by atoms with Crippen LogP contribution in [0.25, 0.3) is 0 Å². The predicted octanol–water partition coefficient (Wildman–Crippen LogP) is 1.91. The summed E-state index contributed by atoms with van der Waals surface area (Å²) < 4.78 is 31.5. The lowest BCUT2D eigenvalue weighted by molar-refractivity contribution is -0.385. The third kappa shape index (κ3) is 3.73. The lowest BCUT2D eigenvalue weighted by Crippen LogP contribution is -2.00. The van der Waals surface area contributed by atoms with Crippen LogP contribution in [0.1, 0.15) is 5.56 Å². The van der Waals surface area contributed by atoms with E-state index in [0.717, 1.165) is 18.3 Å². The molecule has 26 heavy (non-hydrogen) atoms. The van der Waals surface area contributed by atoms with E-state index >= 15 is 0 Å². The quantitative estimate of drug-likeness (QED) is 0.299. The zero-order valence-electron chi connectivity index (χ0n) is 12.5. The molecule has 0 spiro atoms. The Balaban J connectivity index is 2.62. The molecule has 0 radical (unpaired) electrons. The van der Waals surface area contributed by atoms with E-state index in [-0.39, 0.29) is 5.56 Å². The van der Waals surface area contributed by atoms with Gasteiger partial charge in [0.1, 0.15) is 10.6 Å². The predicted molar refractivity (Wildman–Crippen MR) is 86.6 cm³/mol. The average Bonchev–Trinajstić information content (AvgIpc) is 2.53. The molecule has 12 nitrogen and oxygen atoms in total. The van der Waals surface area contributed by atoms with Gasteiger partial charge in [-0.05, 0) is 6.07 Å². The number of benzene rings is 2. The van der Waals surface area contributed by atoms with E-state index in [9.17, 15) is 38.9 Å². The molecule has 0 saturated carbocycles. The Morgan fingerprint density at radius 3 is 2.23 bits per heavy atom. The first-order valence-corrected chi connectivity index (χ1v) is 7.95. The number of aliphatic imine (C=N–C) groups is 1. The van der Waals surface area contributed by atoms with E-state index in [1.54, 1.807) is 0 Å². The van der Waals surface area contributed by atoms with E-state index in [2.05, 4.69) is 4.99 Å². The minimum Gasteiger partial charge on any atom is -0.504 e. The number of hydrogen-bond acceptors (Lipinski definition) is 9. The number of rotatable bonds is 5. The van der Waals surface area contributed by atoms with Crippen molar-refractivity contribution < 1.29 is 33.0 Å². The lowest BCUT2D eigenvalue weighted by Gasteiger charge is -2.05. The maximum absolute atomic E-state index is 11.2. The molecule has 0 atom stereocenters. The summed E-state index contributed by atoms with van der Waals surface area (Å²) in [4.78, 5) is 22.3. The third-order valence-electron chi connectivity index (χ3n) is 3.11. The van der Waals surface area contributed by atoms with Crippen molar-refractivity contribution in [3.63, 3.8) is 0 Å². The van der Waals surface area contributed by atoms with E-state index in [1.165, 1.54) is 12.1 Å². The second kappa shape index (κ2) is 6.73. The zero-order chi connectivity index (χ0) is 19.6. The number of nitrogens with zero attached hydrogens (tertiary/aromatic N) is 3. The average molecular weight is 383 g/mol. The van der Waals surface area contributed by atoms with Gasteiger partial charge in [0.2, 0.25) is 5.75 Å². The summed E-state index contributed by atoms with van der Waals surface area (Å²) in [6.45, 7) is 0. The maximum atomic E-state index is 11.2. The summed E-state index contributed by atoms with van der Waals surface area (Å²) >= 11 is 0. The van der Waals surface area contributed by atoms with Crippen LogP contribution in [0.15, 0.2) is 40.2 Å². The van der Waals surface area contributed by atoms with Crippen LogP contribution in [-0.4, -0.2) is 39.2 Å². The highest BCUT2D eigenvalue weighted by molar-refractivity contribution is 7.86. The number of para-hydroxylation sites is 1. The fourth-order valence-corrected chi connectivity index (χ4v) is 2.54. The summed E-state index contributed by atoms with van der Waals surface area (Å²) in [6.07, 6.45) is 0.828. The highest BCUT2D eigenvalue weighted by Crippen LogP contribution is 2.38. The van der Waals surface area contributed by atoms with Crippen molar-refractivity contribution in [1.29, 1.82) is 0 Å². The van der Waals surface area contributed by atoms with E-state index in [1.807, 2.05) is 0 Å². The molecule has 0 fully saturated rings. The summed E-state index contributed by atoms with van der Waals surface area (Å²) in [5, 5.41) is 41.3. The number of hydrogen-bond donors (Lipinski definition) is 3. The molecule has 0 aliphatic carbocycles. The van der Waals surface area contributed by atoms with Crippen LogP contribution < -0.4 is 0 Å². The maximum Gasteiger partial charge on any atom is 0.311 e. The summed E-state index contributed by atoms with van der Waals surface area (Å²) in [6, 6.07) is 4.64. The van der Waals surface area contributed by atoms with Crippen LogP contribution in [0.3, 0.4) is 0 Å². The van der Waals surface area contributed by atoms with Crippen molar-refractivity contribution in [2.45, 2.75) is 4.90 Å². The van der Waals surface area contributed by atoms with Gasteiger partial charge >= 0.3 is 5.69 Å². The molecule has 2 aromatic carbocycles. The van der Waals surface area contributed by atoms with Gasteiger partial charge in [-0.1, -0.05) is 6.07 Å². The number of aromatic hydroxyl groups is 2. The molecular formula is C13H9N3O9S. The van der Waals surface area contributed by atoms with Crippen LogP contribution in [0.2, 0.25) is 0 Å². The van der Waals surface area contributed by atoms with Crippen molar-refractivity contribution in [1.82, 2.24) is 0 Å². The minimum absolute atomic E-state index is 0.168. The molecular weight excluding hydrogens is 374 g/mol. The zero-order valence-corrected chi connectivity index (χ0v) is 13.3. The molecule has 0 aliphatic heterocycles. The largest absolute Gasteiger partial charge is 0.504 e. The van der Waals surface area contributed by atoms with Crippen molar-refractivity contribution in [3.8, 4) is 11.5 Å². The Morgan fingerprint density at radius 1 is 1.04 bits per heavy atom. The van der Waals surface area contributed by atoms with Crippen LogP contribution in [0, 0.1) is 20.2 Å². The first kappa shape index (κ1) is 18.8. The Bertz CT molecular complexity index is 1050. The topological polar surface area (TPSA) is 193 Å². The number of phenolic OH excluding ortho intramolecular Hbond substituents is 2. The Labute approximate surface area is 144 Å². The van der Waals surface area contributed by atoms with Crippen molar-refractivity contribution in [2.75, 3.05) is 0 Å². The molecule has 0 aromatic heterocycles. The second-order valence-electron chi connectivity index (χ2n) is 4.77. The minimum atomic E-state index is -4.99. The Hall–Kier alpha value is -3.58. The molecule has 2 aromatic rings. The van der Waals surface area contributed by atoms with Gasteiger partial charge in [0.15, 0.2) is 5.75 Å². The van der Waals surface area contributed by atoms with Crippen LogP contribution >= 0.6 is 0 Å². The first-order valence-electron chi connectivity index (χ1n) is 6.51. The highest BCUT2D eigenvalue weighted by atomic mass is 32.2. The summed E-state index contributed by atoms with van der Waals surface area (Å²) in [5.41, 5.74) is -2.20. The molecule has 136 valence electrons. The number of phenols is 2. The van der Waals surface area contributed by atoms with E-state index in [4.69, 9.17) is 4.55 Å². The molecule has 0 saturated heterocycles. The number of nitro groups is 2. The van der Waals surface area contributed by atoms with Crippen LogP contribution in [0.5, 0.6) is 11.5 Å². The standard InChI is InChI=1S/C13H9N3O9S/c17-12-7(2-1-3-10(12)16(21)22)6-14-9-4-8(15(19)20)5-11(13(9)18)26(23,24)25/h1-6,17-18H,(H,23,24,25). The van der Waals surface area contributed by atoms with Crippen molar-refractivity contribution in [3.05, 3.63) is 56.1 Å². The number of nitro benzene ring substituents is 2. The van der Waals surface area contributed by atoms with Gasteiger partial charge in [-0.3, -0.25) is 29.8 Å².